The van der Waals surface area contributed by atoms with Crippen LogP contribution in [-0.4, -0.2) is 43.2 Å². The lowest BCUT2D eigenvalue weighted by Gasteiger charge is -2.41. The van der Waals surface area contributed by atoms with Crippen LogP contribution < -0.4 is 25.4 Å². The quantitative estimate of drug-likeness (QED) is 0.336. The van der Waals surface area contributed by atoms with Crippen LogP contribution in [0, 0.1) is 5.41 Å². The summed E-state index contributed by atoms with van der Waals surface area (Å²) in [4.78, 5) is 25.4. The van der Waals surface area contributed by atoms with Crippen molar-refractivity contribution in [3.63, 3.8) is 0 Å². The van der Waals surface area contributed by atoms with E-state index in [-0.39, 0.29) is 11.9 Å². The van der Waals surface area contributed by atoms with Gasteiger partial charge in [-0.3, -0.25) is 4.79 Å². The molecule has 1 saturated heterocycles. The Morgan fingerprint density at radius 2 is 1.59 bits per heavy atom. The number of ether oxygens (including phenoxy) is 2. The molecule has 5 rings (SSSR count). The van der Waals surface area contributed by atoms with Gasteiger partial charge in [-0.1, -0.05) is 60.7 Å². The summed E-state index contributed by atoms with van der Waals surface area (Å²) < 4.78 is 10.9. The van der Waals surface area contributed by atoms with Crippen LogP contribution in [0.1, 0.15) is 36.9 Å². The van der Waals surface area contributed by atoms with Crippen molar-refractivity contribution >= 4 is 28.6 Å². The van der Waals surface area contributed by atoms with Crippen LogP contribution in [0.25, 0.3) is 10.9 Å². The Bertz CT molecular complexity index is 1440. The maximum absolute atomic E-state index is 13.9. The van der Waals surface area contributed by atoms with Crippen LogP contribution in [-0.2, 0) is 11.2 Å². The van der Waals surface area contributed by atoms with Crippen molar-refractivity contribution in [2.75, 3.05) is 37.9 Å². The van der Waals surface area contributed by atoms with Gasteiger partial charge in [-0.15, -0.1) is 0 Å². The zero-order valence-electron chi connectivity index (χ0n) is 22.7. The Morgan fingerprint density at radius 3 is 2.23 bits per heavy atom. The first-order valence-corrected chi connectivity index (χ1v) is 13.3. The number of nitrogens with zero attached hydrogens (tertiary/aromatic N) is 3. The Hall–Kier alpha value is -4.33. The molecule has 1 fully saturated rings. The first kappa shape index (κ1) is 26.3. The SMILES string of the molecule is COc1cc2nc(N3CCC(Cc4ccccc4)(C(=O)N[C@@H](C)c4ccccc4)CC3)nc(N)c2cc1OC. The zero-order valence-corrected chi connectivity index (χ0v) is 22.7. The molecular formula is C31H35N5O3. The highest BCUT2D eigenvalue weighted by Gasteiger charge is 2.42. The maximum Gasteiger partial charge on any atom is 0.227 e. The summed E-state index contributed by atoms with van der Waals surface area (Å²) in [5, 5.41) is 4.01. The Balaban J connectivity index is 1.40. The molecule has 8 nitrogen and oxygen atoms in total. The standard InChI is InChI=1S/C31H35N5O3/c1-21(23-12-8-5-9-13-23)33-29(37)31(20-22-10-6-4-7-11-22)14-16-36(17-15-31)30-34-25-19-27(39-3)26(38-2)18-24(25)28(32)35-30/h4-13,18-19,21H,14-17,20H2,1-3H3,(H,33,37)(H2,32,34,35)/t21-/m0/s1. The summed E-state index contributed by atoms with van der Waals surface area (Å²) >= 11 is 0. The molecule has 1 aliphatic heterocycles. The van der Waals surface area contributed by atoms with Crippen molar-refractivity contribution in [1.29, 1.82) is 0 Å². The van der Waals surface area contributed by atoms with Crippen molar-refractivity contribution in [2.45, 2.75) is 32.2 Å². The zero-order chi connectivity index (χ0) is 27.4. The second-order valence-corrected chi connectivity index (χ2v) is 10.2. The van der Waals surface area contributed by atoms with Gasteiger partial charge in [0.15, 0.2) is 11.5 Å². The molecule has 3 aromatic carbocycles. The van der Waals surface area contributed by atoms with E-state index in [1.165, 1.54) is 0 Å². The Labute approximate surface area is 229 Å². The molecule has 1 atom stereocenters. The van der Waals surface area contributed by atoms with E-state index >= 15 is 0 Å². The number of nitrogens with two attached hydrogens (primary N) is 1. The molecule has 39 heavy (non-hydrogen) atoms. The third-order valence-corrected chi connectivity index (χ3v) is 7.74. The number of rotatable bonds is 8. The minimum Gasteiger partial charge on any atom is -0.493 e. The molecule has 1 amide bonds. The topological polar surface area (TPSA) is 103 Å². The molecule has 0 aliphatic carbocycles. The van der Waals surface area contributed by atoms with Gasteiger partial charge >= 0.3 is 0 Å². The van der Waals surface area contributed by atoms with E-state index in [1.807, 2.05) is 61.5 Å². The van der Waals surface area contributed by atoms with E-state index in [2.05, 4.69) is 27.3 Å². The number of anilines is 2. The fraction of sp³-hybridized carbons (Fsp3) is 0.323. The number of carbonyl (C=O) groups is 1. The minimum absolute atomic E-state index is 0.0816. The second kappa shape index (κ2) is 11.2. The maximum atomic E-state index is 13.9. The van der Waals surface area contributed by atoms with Crippen molar-refractivity contribution in [3.05, 3.63) is 83.9 Å². The van der Waals surface area contributed by atoms with Crippen molar-refractivity contribution < 1.29 is 14.3 Å². The normalized spacial score (nSPS) is 15.5. The van der Waals surface area contributed by atoms with Gasteiger partial charge in [-0.05, 0) is 43.4 Å². The third-order valence-electron chi connectivity index (χ3n) is 7.74. The molecule has 8 heteroatoms. The van der Waals surface area contributed by atoms with Gasteiger partial charge in [-0.25, -0.2) is 4.98 Å². The van der Waals surface area contributed by atoms with Crippen LogP contribution in [0.15, 0.2) is 72.8 Å². The fourth-order valence-corrected chi connectivity index (χ4v) is 5.39. The molecular weight excluding hydrogens is 490 g/mol. The third kappa shape index (κ3) is 5.46. The molecule has 1 aliphatic rings. The average Bonchev–Trinajstić information content (AvgIpc) is 2.97. The van der Waals surface area contributed by atoms with Gasteiger partial charge in [-0.2, -0.15) is 4.98 Å². The van der Waals surface area contributed by atoms with E-state index in [0.29, 0.717) is 66.5 Å². The smallest absolute Gasteiger partial charge is 0.227 e. The summed E-state index contributed by atoms with van der Waals surface area (Å²) in [5.41, 5.74) is 8.74. The van der Waals surface area contributed by atoms with E-state index in [0.717, 1.165) is 11.1 Å². The van der Waals surface area contributed by atoms with E-state index < -0.39 is 5.41 Å². The number of nitrogen functional groups attached to an aromatic ring is 1. The summed E-state index contributed by atoms with van der Waals surface area (Å²) in [6.45, 7) is 3.31. The number of carbonyl (C=O) groups excluding carboxylic acids is 1. The number of benzene rings is 3. The van der Waals surface area contributed by atoms with Crippen LogP contribution in [0.4, 0.5) is 11.8 Å². The highest BCUT2D eigenvalue weighted by atomic mass is 16.5. The molecule has 1 aromatic heterocycles. The largest absolute Gasteiger partial charge is 0.493 e. The number of piperidine rings is 1. The molecule has 0 bridgehead atoms. The molecule has 0 spiro atoms. The lowest BCUT2D eigenvalue weighted by Crippen LogP contribution is -2.51. The van der Waals surface area contributed by atoms with E-state index in [1.54, 1.807) is 20.3 Å². The average molecular weight is 526 g/mol. The molecule has 202 valence electrons. The Morgan fingerprint density at radius 1 is 0.974 bits per heavy atom. The lowest BCUT2D eigenvalue weighted by molar-refractivity contribution is -0.133. The number of methoxy groups -OCH3 is 2. The summed E-state index contributed by atoms with van der Waals surface area (Å²) in [5.74, 6) is 2.18. The van der Waals surface area contributed by atoms with Crippen LogP contribution in [0.3, 0.4) is 0 Å². The van der Waals surface area contributed by atoms with Crippen molar-refractivity contribution in [3.8, 4) is 11.5 Å². The van der Waals surface area contributed by atoms with E-state index in [4.69, 9.17) is 20.2 Å². The molecule has 0 unspecified atom stereocenters. The Kier molecular flexibility index (Phi) is 7.54. The fourth-order valence-electron chi connectivity index (χ4n) is 5.39. The number of hydrogen-bond acceptors (Lipinski definition) is 7. The van der Waals surface area contributed by atoms with Gasteiger partial charge in [0.25, 0.3) is 0 Å². The molecule has 4 aromatic rings. The first-order valence-electron chi connectivity index (χ1n) is 13.3. The second-order valence-electron chi connectivity index (χ2n) is 10.2. The lowest BCUT2D eigenvalue weighted by atomic mass is 9.72. The predicted octanol–water partition coefficient (Wildman–Crippen LogP) is 4.94. The van der Waals surface area contributed by atoms with Gasteiger partial charge in [0.2, 0.25) is 11.9 Å². The number of hydrogen-bond donors (Lipinski definition) is 2. The number of amides is 1. The number of nitrogens with one attached hydrogen (secondary N) is 1. The van der Waals surface area contributed by atoms with E-state index in [9.17, 15) is 4.79 Å². The molecule has 0 saturated carbocycles. The van der Waals surface area contributed by atoms with Crippen molar-refractivity contribution in [2.24, 2.45) is 5.41 Å². The highest BCUT2D eigenvalue weighted by molar-refractivity contribution is 5.92. The molecule has 0 radical (unpaired) electrons. The number of aromatic nitrogens is 2. The van der Waals surface area contributed by atoms with Crippen LogP contribution in [0.2, 0.25) is 0 Å². The monoisotopic (exact) mass is 525 g/mol. The molecule has 3 N–H and O–H groups in total. The minimum atomic E-state index is -0.542. The highest BCUT2D eigenvalue weighted by Crippen LogP contribution is 2.39. The molecule has 2 heterocycles. The van der Waals surface area contributed by atoms with Crippen LogP contribution >= 0.6 is 0 Å². The summed E-state index contributed by atoms with van der Waals surface area (Å²) in [6, 6.07) is 23.8. The predicted molar refractivity (Wildman–Crippen MR) is 154 cm³/mol. The first-order chi connectivity index (χ1) is 18.9. The van der Waals surface area contributed by atoms with Gasteiger partial charge < -0.3 is 25.4 Å². The summed E-state index contributed by atoms with van der Waals surface area (Å²) in [7, 11) is 3.18. The number of fused-ring (bicyclic) bond motifs is 1. The summed E-state index contributed by atoms with van der Waals surface area (Å²) in [6.07, 6.45) is 2.01. The van der Waals surface area contributed by atoms with Gasteiger partial charge in [0.05, 0.1) is 31.2 Å². The van der Waals surface area contributed by atoms with Crippen molar-refractivity contribution in [1.82, 2.24) is 15.3 Å². The van der Waals surface area contributed by atoms with Gasteiger partial charge in [0.1, 0.15) is 5.82 Å². The van der Waals surface area contributed by atoms with Crippen LogP contribution in [0.5, 0.6) is 11.5 Å². The van der Waals surface area contributed by atoms with Gasteiger partial charge in [0, 0.05) is 24.5 Å².